The third kappa shape index (κ3) is 3.87. The average molecular weight is 304 g/mol. The largest absolute Gasteiger partial charge is 0.379 e. The van der Waals surface area contributed by atoms with E-state index in [4.69, 9.17) is 9.47 Å². The van der Waals surface area contributed by atoms with E-state index in [-0.39, 0.29) is 11.6 Å². The van der Waals surface area contributed by atoms with Gasteiger partial charge in [0, 0.05) is 38.1 Å². The smallest absolute Gasteiger partial charge is 0.117 e. The number of rotatable bonds is 3. The highest BCUT2D eigenvalue weighted by atomic mass is 16.5. The number of hydrogen-bond donors (Lipinski definition) is 0. The summed E-state index contributed by atoms with van der Waals surface area (Å²) in [5, 5.41) is 0. The lowest BCUT2D eigenvalue weighted by atomic mass is 9.89. The van der Waals surface area contributed by atoms with E-state index in [9.17, 15) is 0 Å². The Hall–Kier alpha value is -0.940. The minimum atomic E-state index is 0.114. The molecule has 22 heavy (non-hydrogen) atoms. The van der Waals surface area contributed by atoms with Gasteiger partial charge >= 0.3 is 0 Å². The maximum atomic E-state index is 6.25. The van der Waals surface area contributed by atoms with Gasteiger partial charge in [-0.15, -0.1) is 0 Å². The van der Waals surface area contributed by atoms with Crippen molar-refractivity contribution in [1.82, 2.24) is 9.80 Å². The first kappa shape index (κ1) is 15.9. The fourth-order valence-electron chi connectivity index (χ4n) is 3.64. The molecule has 0 spiro atoms. The second-order valence-electron chi connectivity index (χ2n) is 7.06. The van der Waals surface area contributed by atoms with Crippen LogP contribution in [0.15, 0.2) is 30.3 Å². The lowest BCUT2D eigenvalue weighted by molar-refractivity contribution is -0.137. The summed E-state index contributed by atoms with van der Waals surface area (Å²) in [5.41, 5.74) is 1.49. The SMILES string of the molecule is CC1(C)CN(Cc2ccccc2)CCOC1N1CCOCC1. The van der Waals surface area contributed by atoms with Crippen molar-refractivity contribution in [1.29, 1.82) is 0 Å². The summed E-state index contributed by atoms with van der Waals surface area (Å²) in [4.78, 5) is 4.98. The van der Waals surface area contributed by atoms with Crippen LogP contribution >= 0.6 is 0 Å². The van der Waals surface area contributed by atoms with Gasteiger partial charge < -0.3 is 9.47 Å². The summed E-state index contributed by atoms with van der Waals surface area (Å²) in [6, 6.07) is 10.7. The van der Waals surface area contributed by atoms with E-state index in [1.807, 2.05) is 0 Å². The van der Waals surface area contributed by atoms with Crippen molar-refractivity contribution in [3.63, 3.8) is 0 Å². The molecule has 2 fully saturated rings. The van der Waals surface area contributed by atoms with Gasteiger partial charge in [-0.2, -0.15) is 0 Å². The summed E-state index contributed by atoms with van der Waals surface area (Å²) < 4.78 is 11.7. The molecule has 0 radical (unpaired) electrons. The summed E-state index contributed by atoms with van der Waals surface area (Å²) in [6.45, 7) is 12.1. The van der Waals surface area contributed by atoms with Crippen molar-refractivity contribution in [3.8, 4) is 0 Å². The van der Waals surface area contributed by atoms with Crippen molar-refractivity contribution >= 4 is 0 Å². The zero-order chi connectivity index (χ0) is 15.4. The highest BCUT2D eigenvalue weighted by molar-refractivity contribution is 5.14. The molecule has 1 aromatic rings. The van der Waals surface area contributed by atoms with Gasteiger partial charge in [0.1, 0.15) is 6.23 Å². The molecule has 2 saturated heterocycles. The summed E-state index contributed by atoms with van der Waals surface area (Å²) in [7, 11) is 0. The number of morpholine rings is 1. The van der Waals surface area contributed by atoms with E-state index in [1.165, 1.54) is 5.56 Å². The van der Waals surface area contributed by atoms with Gasteiger partial charge in [-0.25, -0.2) is 0 Å². The number of hydrogen-bond acceptors (Lipinski definition) is 4. The van der Waals surface area contributed by atoms with Crippen LogP contribution in [0.5, 0.6) is 0 Å². The van der Waals surface area contributed by atoms with E-state index in [2.05, 4.69) is 54.0 Å². The van der Waals surface area contributed by atoms with Gasteiger partial charge in [-0.1, -0.05) is 44.2 Å². The van der Waals surface area contributed by atoms with Crippen molar-refractivity contribution in [2.24, 2.45) is 5.41 Å². The Morgan fingerprint density at radius 1 is 1.05 bits per heavy atom. The van der Waals surface area contributed by atoms with Crippen molar-refractivity contribution in [2.75, 3.05) is 46.0 Å². The summed E-state index contributed by atoms with van der Waals surface area (Å²) >= 11 is 0. The van der Waals surface area contributed by atoms with Crippen LogP contribution in [0.1, 0.15) is 19.4 Å². The Morgan fingerprint density at radius 3 is 2.50 bits per heavy atom. The highest BCUT2D eigenvalue weighted by Gasteiger charge is 2.39. The Kier molecular flexibility index (Phi) is 5.14. The second-order valence-corrected chi connectivity index (χ2v) is 7.06. The molecule has 4 nitrogen and oxygen atoms in total. The van der Waals surface area contributed by atoms with E-state index in [0.717, 1.165) is 52.5 Å². The van der Waals surface area contributed by atoms with Gasteiger partial charge in [0.2, 0.25) is 0 Å². The molecule has 1 atom stereocenters. The third-order valence-electron chi connectivity index (χ3n) is 4.61. The zero-order valence-corrected chi connectivity index (χ0v) is 13.8. The van der Waals surface area contributed by atoms with Gasteiger partial charge in [0.25, 0.3) is 0 Å². The van der Waals surface area contributed by atoms with Crippen LogP contribution in [0, 0.1) is 5.41 Å². The van der Waals surface area contributed by atoms with Crippen molar-refractivity contribution < 1.29 is 9.47 Å². The molecule has 2 heterocycles. The lowest BCUT2D eigenvalue weighted by Gasteiger charge is -2.42. The second kappa shape index (κ2) is 7.09. The number of nitrogens with zero attached hydrogens (tertiary/aromatic N) is 2. The fourth-order valence-corrected chi connectivity index (χ4v) is 3.64. The number of benzene rings is 1. The molecule has 4 heteroatoms. The first-order valence-electron chi connectivity index (χ1n) is 8.35. The Balaban J connectivity index is 1.66. The molecule has 0 N–H and O–H groups in total. The topological polar surface area (TPSA) is 24.9 Å². The number of ether oxygens (including phenoxy) is 2. The Labute approximate surface area is 134 Å². The Morgan fingerprint density at radius 2 is 1.77 bits per heavy atom. The molecule has 0 aliphatic carbocycles. The molecule has 0 saturated carbocycles. The maximum Gasteiger partial charge on any atom is 0.117 e. The van der Waals surface area contributed by atoms with E-state index >= 15 is 0 Å². The van der Waals surface area contributed by atoms with Crippen LogP contribution in [0.4, 0.5) is 0 Å². The minimum Gasteiger partial charge on any atom is -0.379 e. The van der Waals surface area contributed by atoms with Crippen molar-refractivity contribution in [3.05, 3.63) is 35.9 Å². The monoisotopic (exact) mass is 304 g/mol. The molecule has 3 rings (SSSR count). The molecule has 2 aliphatic heterocycles. The van der Waals surface area contributed by atoms with E-state index in [1.54, 1.807) is 0 Å². The molecule has 1 unspecified atom stereocenters. The summed E-state index contributed by atoms with van der Waals surface area (Å²) in [6.07, 6.45) is 0.192. The maximum absolute atomic E-state index is 6.25. The van der Waals surface area contributed by atoms with Crippen LogP contribution < -0.4 is 0 Å². The van der Waals surface area contributed by atoms with Crippen LogP contribution in [-0.2, 0) is 16.0 Å². The molecular weight excluding hydrogens is 276 g/mol. The van der Waals surface area contributed by atoms with Gasteiger partial charge in [0.05, 0.1) is 19.8 Å². The molecule has 122 valence electrons. The molecular formula is C18H28N2O2. The first-order chi connectivity index (χ1) is 10.6. The van der Waals surface area contributed by atoms with Gasteiger partial charge in [-0.05, 0) is 5.56 Å². The highest BCUT2D eigenvalue weighted by Crippen LogP contribution is 2.30. The average Bonchev–Trinajstić information content (AvgIpc) is 2.67. The quantitative estimate of drug-likeness (QED) is 0.855. The molecule has 0 amide bonds. The Bertz CT molecular complexity index is 457. The lowest BCUT2D eigenvalue weighted by Crippen LogP contribution is -2.53. The van der Waals surface area contributed by atoms with Crippen LogP contribution in [0.2, 0.25) is 0 Å². The molecule has 0 bridgehead atoms. The first-order valence-corrected chi connectivity index (χ1v) is 8.35. The van der Waals surface area contributed by atoms with Crippen LogP contribution in [0.25, 0.3) is 0 Å². The van der Waals surface area contributed by atoms with Crippen molar-refractivity contribution in [2.45, 2.75) is 26.6 Å². The fraction of sp³-hybridized carbons (Fsp3) is 0.667. The van der Waals surface area contributed by atoms with Gasteiger partial charge in [0.15, 0.2) is 0 Å². The zero-order valence-electron chi connectivity index (χ0n) is 13.8. The predicted molar refractivity (Wildman–Crippen MR) is 87.6 cm³/mol. The molecule has 0 aromatic heterocycles. The van der Waals surface area contributed by atoms with Gasteiger partial charge in [-0.3, -0.25) is 9.80 Å². The predicted octanol–water partition coefficient (Wildman–Crippen LogP) is 2.20. The normalized spacial score (nSPS) is 27.5. The standard InChI is InChI=1S/C18H28N2O2/c1-18(2)15-19(14-16-6-4-3-5-7-16)8-13-22-17(18)20-9-11-21-12-10-20/h3-7,17H,8-15H2,1-2H3. The van der Waals surface area contributed by atoms with Crippen LogP contribution in [-0.4, -0.2) is 62.0 Å². The molecule has 2 aliphatic rings. The summed E-state index contributed by atoms with van der Waals surface area (Å²) in [5.74, 6) is 0. The van der Waals surface area contributed by atoms with E-state index < -0.39 is 0 Å². The minimum absolute atomic E-state index is 0.114. The van der Waals surface area contributed by atoms with Crippen LogP contribution in [0.3, 0.4) is 0 Å². The van der Waals surface area contributed by atoms with E-state index in [0.29, 0.717) is 0 Å². The molecule has 1 aromatic carbocycles. The third-order valence-corrected chi connectivity index (χ3v) is 4.61.